The van der Waals surface area contributed by atoms with E-state index in [1.807, 2.05) is 39.5 Å². The monoisotopic (exact) mass is 2240 g/mol. The van der Waals surface area contributed by atoms with E-state index in [4.69, 9.17) is 81.3 Å². The molecular formula is C53H111Ba6O20P3S6Si2. The third-order valence-corrected chi connectivity index (χ3v) is 38.1. The average Bonchev–Trinajstić information content (AvgIpc) is 1.33. The molecule has 0 aromatic rings. The van der Waals surface area contributed by atoms with Crippen molar-refractivity contribution in [2.75, 3.05) is 56.5 Å². The third-order valence-electron chi connectivity index (χ3n) is 14.4. The summed E-state index contributed by atoms with van der Waals surface area (Å²) in [7, 11) is 1.22. The SMILES string of the molecule is CCO.CCSC.CCSS[P@@](=O)(OC[C@H]1O[CH-]CC1O)OC1C[CH-]O[C@@H]1CO.CCSS[P@@](=O)(OC[C@H]1O[CH-]CC1O[Si](C)(C)C(C)(C)C)OC1C[CH-]O[C@@H]1CC.CC[C@H]1O[CH-]CC1OP(O)(=S)OC[C@H]1O[CH-]CC1O[Si](C)(C)C(C)(C)C.[Ba+2].[Ba+2].[Ba+2].[Ba+2].[Ba+2].[Ba+2].[H-].[H-].[H-].[H-].[H-].[H-]. The van der Waals surface area contributed by atoms with E-state index >= 15 is 0 Å². The van der Waals surface area contributed by atoms with Crippen molar-refractivity contribution >= 4 is 396 Å². The maximum Gasteiger partial charge on any atom is 2.00 e. The molecule has 0 spiro atoms. The fraction of sp³-hybridized carbons (Fsp3) is 0.887. The van der Waals surface area contributed by atoms with Crippen LogP contribution in [0, 0.1) is 39.6 Å². The second kappa shape index (κ2) is 58.9. The van der Waals surface area contributed by atoms with E-state index in [2.05, 4.69) is 80.9 Å². The van der Waals surface area contributed by atoms with Crippen molar-refractivity contribution in [3.05, 3.63) is 39.6 Å². The molecule has 0 saturated carbocycles. The van der Waals surface area contributed by atoms with Gasteiger partial charge in [0.2, 0.25) is 0 Å². The van der Waals surface area contributed by atoms with Gasteiger partial charge >= 0.3 is 314 Å². The summed E-state index contributed by atoms with van der Waals surface area (Å²) in [5.41, 5.74) is 0. The fourth-order valence-corrected chi connectivity index (χ4v) is 22.7. The van der Waals surface area contributed by atoms with Gasteiger partial charge in [-0.1, -0.05) is 97.7 Å². The third kappa shape index (κ3) is 43.6. The Morgan fingerprint density at radius 3 is 1.13 bits per heavy atom. The standard InChI is InChI=1S/C19H37O6PS2Si.C17H33O6PSSi.C12H21O7PS2.C3H8S.C2H6O.6Ba.6H/c1-8-15-16(10-12-21-15)24-26(20,28-27-9-2)23-14-18-17(11-13-22-18)25-29(6,7)19(3,4)5;1-7-13-14(8-10-19-13)22-24(18,25)21-12-16-15(9-11-20-16)23-26(5,6)17(2,3)4;1-2-21-22-20(15,18-8-12-9(14)3-5-17-12)19-10-4-6-16-11(10)7-13;1-3-4-2;1-2-3;;;;;;;;;;;;/h12-13,15-18H,8-11,14H2,1-7H3;10-11,13-16H,7-9,12H2,1-6H3,(H,18,25);5-6,9-14H,2-4,7-8H2,1H3;3H2,1-2H3;3H,2H2,1H3;;;;;;;;;;;;/q3*-2;;;6*+2;6*-1/t15-,16?,17?,18-,26+;13-,14?,15?,16-,24?;9?,10?,11-,12-,20+;;;;;;;;;;;;;;/m111............../s1. The molecule has 6 aliphatic rings. The van der Waals surface area contributed by atoms with Crippen LogP contribution in [-0.2, 0) is 85.4 Å². The van der Waals surface area contributed by atoms with E-state index in [-0.39, 0.29) is 394 Å². The van der Waals surface area contributed by atoms with Gasteiger partial charge in [-0.15, -0.1) is 38.5 Å². The van der Waals surface area contributed by atoms with Crippen molar-refractivity contribution in [2.24, 2.45) is 0 Å². The number of aliphatic hydroxyl groups excluding tert-OH is 3. The van der Waals surface area contributed by atoms with Crippen LogP contribution in [0.1, 0.15) is 143 Å². The minimum absolute atomic E-state index is 0. The van der Waals surface area contributed by atoms with E-state index in [0.717, 1.165) is 34.8 Å². The molecule has 0 aromatic heterocycles. The van der Waals surface area contributed by atoms with Crippen molar-refractivity contribution in [2.45, 2.75) is 244 Å². The Labute approximate surface area is 821 Å². The zero-order valence-electron chi connectivity index (χ0n) is 63.1. The Kier molecular flexibility index (Phi) is 72.3. The average molecular weight is 2230 g/mol. The molecule has 90 heavy (non-hydrogen) atoms. The number of hydrogen-bond acceptors (Lipinski definition) is 25. The van der Waals surface area contributed by atoms with Crippen molar-refractivity contribution < 1.29 is 102 Å². The first-order valence-electron chi connectivity index (χ1n) is 29.1. The van der Waals surface area contributed by atoms with Crippen molar-refractivity contribution in [3.63, 3.8) is 0 Å². The predicted octanol–water partition coefficient (Wildman–Crippen LogP) is 12.8. The first-order valence-corrected chi connectivity index (χ1v) is 47.8. The number of rotatable bonds is 29. The Morgan fingerprint density at radius 1 is 0.511 bits per heavy atom. The summed E-state index contributed by atoms with van der Waals surface area (Å²) < 4.78 is 106. The minimum atomic E-state index is -3.45. The molecule has 20 nitrogen and oxygen atoms in total. The number of ether oxygens (including phenoxy) is 6. The molecule has 0 aliphatic carbocycles. The second-order valence-corrected chi connectivity index (χ2v) is 48.7. The number of aliphatic hydroxyl groups is 3. The quantitative estimate of drug-likeness (QED) is 0.0235. The van der Waals surface area contributed by atoms with Gasteiger partial charge in [0.15, 0.2) is 16.6 Å². The van der Waals surface area contributed by atoms with Gasteiger partial charge in [0, 0.05) is 63.4 Å². The van der Waals surface area contributed by atoms with Gasteiger partial charge in [-0.3, -0.25) is 18.1 Å². The molecule has 0 amide bonds. The van der Waals surface area contributed by atoms with E-state index in [1.54, 1.807) is 33.4 Å². The van der Waals surface area contributed by atoms with Gasteiger partial charge in [-0.25, -0.2) is 48.8 Å². The normalized spacial score (nSPS) is 28.4. The fourth-order valence-electron chi connectivity index (χ4n) is 7.50. The van der Waals surface area contributed by atoms with Crippen LogP contribution >= 0.6 is 74.5 Å². The van der Waals surface area contributed by atoms with Gasteiger partial charge in [-0.2, -0.15) is 11.8 Å². The van der Waals surface area contributed by atoms with Gasteiger partial charge in [0.05, 0.1) is 75.3 Å². The molecule has 0 radical (unpaired) electrons. The van der Waals surface area contributed by atoms with Crippen LogP contribution in [0.4, 0.5) is 0 Å². The smallest absolute Gasteiger partial charge is 1.00 e. The molecule has 6 rings (SSSR count). The van der Waals surface area contributed by atoms with Gasteiger partial charge < -0.3 is 75.1 Å². The Bertz CT molecular complexity index is 1980. The van der Waals surface area contributed by atoms with Crippen molar-refractivity contribution in [1.82, 2.24) is 0 Å². The van der Waals surface area contributed by atoms with Crippen molar-refractivity contribution in [1.29, 1.82) is 0 Å². The number of thioether (sulfide) groups is 1. The summed E-state index contributed by atoms with van der Waals surface area (Å²) in [4.78, 5) is 10.4. The molecule has 6 saturated heterocycles. The van der Waals surface area contributed by atoms with E-state index in [9.17, 15) is 24.2 Å². The first kappa shape index (κ1) is 111. The summed E-state index contributed by atoms with van der Waals surface area (Å²) in [6.45, 7) is 34.1. The van der Waals surface area contributed by atoms with Gasteiger partial charge in [0.25, 0.3) is 0 Å². The van der Waals surface area contributed by atoms with Crippen LogP contribution < -0.4 is 0 Å². The van der Waals surface area contributed by atoms with Gasteiger partial charge in [-0.05, 0) is 79.8 Å². The molecule has 6 heterocycles. The molecule has 7 unspecified atom stereocenters. The van der Waals surface area contributed by atoms with Crippen molar-refractivity contribution in [3.8, 4) is 0 Å². The van der Waals surface area contributed by atoms with Crippen LogP contribution in [0.2, 0.25) is 36.3 Å². The predicted molar refractivity (Wildman–Crippen MR) is 394 cm³/mol. The summed E-state index contributed by atoms with van der Waals surface area (Å²) in [6.07, 6.45) is 3.55. The Balaban J connectivity index is -0.000000113. The van der Waals surface area contributed by atoms with Gasteiger partial charge in [0.1, 0.15) is 0 Å². The Morgan fingerprint density at radius 2 is 0.811 bits per heavy atom. The molecule has 15 atom stereocenters. The molecule has 4 N–H and O–H groups in total. The summed E-state index contributed by atoms with van der Waals surface area (Å²) >= 11 is 7.03. The summed E-state index contributed by atoms with van der Waals surface area (Å²) in [6, 6.07) is 0. The Hall–Kier alpha value is 12.0. The van der Waals surface area contributed by atoms with E-state index in [1.165, 1.54) is 51.0 Å². The molecule has 0 bridgehead atoms. The molecule has 6 fully saturated rings. The van der Waals surface area contributed by atoms with Crippen LogP contribution in [0.3, 0.4) is 0 Å². The topological polar surface area (TPSA) is 244 Å². The largest absolute Gasteiger partial charge is 2.00 e. The second-order valence-electron chi connectivity index (χ2n) is 22.9. The van der Waals surface area contributed by atoms with Crippen LogP contribution in [-0.4, -0.2) is 460 Å². The molecule has 6 aliphatic heterocycles. The molecular weight excluding hydrogens is 2120 g/mol. The number of hydrogen-bond donors (Lipinski definition) is 4. The van der Waals surface area contributed by atoms with Crippen LogP contribution in [0.5, 0.6) is 0 Å². The molecule has 37 heteroatoms. The minimum Gasteiger partial charge on any atom is -1.00 e. The molecule has 514 valence electrons. The molecule has 0 aromatic carbocycles. The first-order chi connectivity index (χ1) is 39.4. The summed E-state index contributed by atoms with van der Waals surface area (Å²) in [5, 5.41) is 26.7. The van der Waals surface area contributed by atoms with Crippen LogP contribution in [0.15, 0.2) is 0 Å². The summed E-state index contributed by atoms with van der Waals surface area (Å²) in [5.74, 6) is 2.80. The zero-order valence-corrected chi connectivity index (χ0v) is 93.3. The maximum absolute atomic E-state index is 13.4. The maximum atomic E-state index is 13.4. The van der Waals surface area contributed by atoms with Crippen LogP contribution in [0.25, 0.3) is 0 Å². The van der Waals surface area contributed by atoms with E-state index < -0.39 is 61.4 Å². The van der Waals surface area contributed by atoms with E-state index in [0.29, 0.717) is 38.5 Å². The zero-order chi connectivity index (χ0) is 63.4.